The lowest BCUT2D eigenvalue weighted by Crippen LogP contribution is -2.08. The molecular weight excluding hydrogens is 266 g/mol. The minimum Gasteiger partial charge on any atom is -0.497 e. The number of hydrogen-bond donors (Lipinski definition) is 0. The number of hydrogen-bond acceptors (Lipinski definition) is 5. The van der Waals surface area contributed by atoms with Gasteiger partial charge in [-0.25, -0.2) is 17.9 Å². The van der Waals surface area contributed by atoms with Gasteiger partial charge in [0.05, 0.1) is 18.6 Å². The van der Waals surface area contributed by atoms with E-state index in [1.54, 1.807) is 17.8 Å². The highest BCUT2D eigenvalue weighted by molar-refractivity contribution is 7.91. The summed E-state index contributed by atoms with van der Waals surface area (Å²) in [6, 6.07) is 3.62. The van der Waals surface area contributed by atoms with E-state index in [0.717, 1.165) is 11.4 Å². The van der Waals surface area contributed by atoms with E-state index in [-0.39, 0.29) is 11.7 Å². The lowest BCUT2D eigenvalue weighted by atomic mass is 10.1. The lowest BCUT2D eigenvalue weighted by molar-refractivity contribution is 0.414. The molecule has 1 unspecified atom stereocenters. The first-order chi connectivity index (χ1) is 9.05. The fourth-order valence-electron chi connectivity index (χ4n) is 2.41. The van der Waals surface area contributed by atoms with Crippen LogP contribution >= 0.6 is 0 Å². The van der Waals surface area contributed by atoms with Gasteiger partial charge in [-0.2, -0.15) is 5.10 Å². The minimum absolute atomic E-state index is 0.143. The Hall–Kier alpha value is -1.63. The molecule has 1 fully saturated rings. The van der Waals surface area contributed by atoms with Crippen molar-refractivity contribution in [3.8, 4) is 5.75 Å². The third-order valence-electron chi connectivity index (χ3n) is 3.39. The standard InChI is InChI=1S/C12H15N3O3S/c1-18-10-2-4-15-12(7-10)13-11(14-15)6-9-3-5-19(16,17)8-9/h2,4,7,9H,3,5-6,8H2,1H3. The molecular formula is C12H15N3O3S. The van der Waals surface area contributed by atoms with Crippen molar-refractivity contribution in [1.82, 2.24) is 14.6 Å². The minimum atomic E-state index is -2.84. The topological polar surface area (TPSA) is 73.6 Å². The molecule has 1 atom stereocenters. The molecule has 0 spiro atoms. The Morgan fingerprint density at radius 3 is 3.05 bits per heavy atom. The van der Waals surface area contributed by atoms with Crippen LogP contribution in [0.1, 0.15) is 12.2 Å². The summed E-state index contributed by atoms with van der Waals surface area (Å²) in [5.74, 6) is 2.11. The second kappa shape index (κ2) is 4.48. The van der Waals surface area contributed by atoms with E-state index in [0.29, 0.717) is 24.4 Å². The van der Waals surface area contributed by atoms with Crippen molar-refractivity contribution in [2.75, 3.05) is 18.6 Å². The summed E-state index contributed by atoms with van der Waals surface area (Å²) in [4.78, 5) is 4.41. The summed E-state index contributed by atoms with van der Waals surface area (Å²) in [5.41, 5.74) is 0.718. The molecule has 0 N–H and O–H groups in total. The number of aromatic nitrogens is 3. The molecule has 3 heterocycles. The number of sulfone groups is 1. The maximum absolute atomic E-state index is 11.4. The molecule has 2 aromatic heterocycles. The molecule has 7 heteroatoms. The molecule has 0 saturated carbocycles. The van der Waals surface area contributed by atoms with E-state index in [2.05, 4.69) is 10.1 Å². The quantitative estimate of drug-likeness (QED) is 0.828. The van der Waals surface area contributed by atoms with Crippen LogP contribution in [0, 0.1) is 5.92 Å². The smallest absolute Gasteiger partial charge is 0.159 e. The summed E-state index contributed by atoms with van der Waals surface area (Å²) in [7, 11) is -1.23. The van der Waals surface area contributed by atoms with E-state index in [1.165, 1.54) is 0 Å². The normalized spacial score (nSPS) is 21.8. The highest BCUT2D eigenvalue weighted by atomic mass is 32.2. The summed E-state index contributed by atoms with van der Waals surface area (Å²) in [6.45, 7) is 0. The molecule has 0 aliphatic carbocycles. The number of pyridine rings is 1. The molecule has 6 nitrogen and oxygen atoms in total. The van der Waals surface area contributed by atoms with Crippen LogP contribution in [0.25, 0.3) is 5.65 Å². The molecule has 102 valence electrons. The van der Waals surface area contributed by atoms with Gasteiger partial charge in [-0.05, 0) is 18.4 Å². The summed E-state index contributed by atoms with van der Waals surface area (Å²) < 4.78 is 29.7. The molecule has 1 aliphatic rings. The largest absolute Gasteiger partial charge is 0.497 e. The predicted octanol–water partition coefficient (Wildman–Crippen LogP) is 0.715. The zero-order valence-electron chi connectivity index (χ0n) is 10.6. The van der Waals surface area contributed by atoms with Crippen LogP contribution in [0.2, 0.25) is 0 Å². The molecule has 0 radical (unpaired) electrons. The third kappa shape index (κ3) is 2.56. The van der Waals surface area contributed by atoms with Gasteiger partial charge in [0.15, 0.2) is 21.3 Å². The molecule has 1 saturated heterocycles. The molecule has 3 rings (SSSR count). The molecule has 0 bridgehead atoms. The zero-order chi connectivity index (χ0) is 13.5. The monoisotopic (exact) mass is 281 g/mol. The zero-order valence-corrected chi connectivity index (χ0v) is 11.4. The number of rotatable bonds is 3. The van der Waals surface area contributed by atoms with E-state index in [9.17, 15) is 8.42 Å². The van der Waals surface area contributed by atoms with Crippen LogP contribution < -0.4 is 4.74 Å². The molecule has 1 aliphatic heterocycles. The average Bonchev–Trinajstić information content (AvgIpc) is 2.91. The van der Waals surface area contributed by atoms with Crippen molar-refractivity contribution >= 4 is 15.5 Å². The van der Waals surface area contributed by atoms with Gasteiger partial charge in [0.25, 0.3) is 0 Å². The van der Waals surface area contributed by atoms with Gasteiger partial charge < -0.3 is 4.74 Å². The fraction of sp³-hybridized carbons (Fsp3) is 0.500. The number of methoxy groups -OCH3 is 1. The van der Waals surface area contributed by atoms with Crippen LogP contribution in [0.5, 0.6) is 5.75 Å². The molecule has 19 heavy (non-hydrogen) atoms. The van der Waals surface area contributed by atoms with Gasteiger partial charge >= 0.3 is 0 Å². The van der Waals surface area contributed by atoms with Crippen LogP contribution in [-0.2, 0) is 16.3 Å². The van der Waals surface area contributed by atoms with Gasteiger partial charge in [0.1, 0.15) is 5.75 Å². The van der Waals surface area contributed by atoms with Crippen LogP contribution in [-0.4, -0.2) is 41.6 Å². The maximum Gasteiger partial charge on any atom is 0.159 e. The van der Waals surface area contributed by atoms with Gasteiger partial charge in [-0.3, -0.25) is 0 Å². The van der Waals surface area contributed by atoms with Crippen molar-refractivity contribution in [1.29, 1.82) is 0 Å². The predicted molar refractivity (Wildman–Crippen MR) is 70.0 cm³/mol. The highest BCUT2D eigenvalue weighted by Crippen LogP contribution is 2.22. The second-order valence-corrected chi connectivity index (χ2v) is 7.10. The first-order valence-electron chi connectivity index (χ1n) is 6.15. The Balaban J connectivity index is 1.82. The number of nitrogens with zero attached hydrogens (tertiary/aromatic N) is 3. The molecule has 0 aromatic carbocycles. The van der Waals surface area contributed by atoms with Gasteiger partial charge in [0, 0.05) is 18.7 Å². The average molecular weight is 281 g/mol. The SMILES string of the molecule is COc1ccn2nc(CC3CCS(=O)(=O)C3)nc2c1. The van der Waals surface area contributed by atoms with Crippen molar-refractivity contribution < 1.29 is 13.2 Å². The third-order valence-corrected chi connectivity index (χ3v) is 5.22. The first kappa shape index (κ1) is 12.4. The van der Waals surface area contributed by atoms with E-state index in [1.807, 2.05) is 12.1 Å². The van der Waals surface area contributed by atoms with Crippen molar-refractivity contribution in [2.45, 2.75) is 12.8 Å². The Labute approximate surface area is 111 Å². The fourth-order valence-corrected chi connectivity index (χ4v) is 4.28. The highest BCUT2D eigenvalue weighted by Gasteiger charge is 2.28. The Bertz CT molecular complexity index is 708. The number of ether oxygens (including phenoxy) is 1. The maximum atomic E-state index is 11.4. The first-order valence-corrected chi connectivity index (χ1v) is 7.97. The van der Waals surface area contributed by atoms with E-state index < -0.39 is 9.84 Å². The van der Waals surface area contributed by atoms with Crippen molar-refractivity contribution in [3.63, 3.8) is 0 Å². The Kier molecular flexibility index (Phi) is 2.93. The van der Waals surface area contributed by atoms with Gasteiger partial charge in [-0.15, -0.1) is 0 Å². The van der Waals surface area contributed by atoms with Crippen LogP contribution in [0.4, 0.5) is 0 Å². The van der Waals surface area contributed by atoms with Gasteiger partial charge in [0.2, 0.25) is 0 Å². The molecule has 2 aromatic rings. The summed E-state index contributed by atoms with van der Waals surface area (Å²) >= 11 is 0. The van der Waals surface area contributed by atoms with Crippen molar-refractivity contribution in [2.24, 2.45) is 5.92 Å². The summed E-state index contributed by atoms with van der Waals surface area (Å²) in [5, 5.41) is 4.35. The van der Waals surface area contributed by atoms with Crippen LogP contribution in [0.3, 0.4) is 0 Å². The Morgan fingerprint density at radius 2 is 2.37 bits per heavy atom. The van der Waals surface area contributed by atoms with Crippen LogP contribution in [0.15, 0.2) is 18.3 Å². The van der Waals surface area contributed by atoms with E-state index >= 15 is 0 Å². The summed E-state index contributed by atoms with van der Waals surface area (Å²) in [6.07, 6.45) is 3.11. The van der Waals surface area contributed by atoms with E-state index in [4.69, 9.17) is 4.74 Å². The Morgan fingerprint density at radius 1 is 1.53 bits per heavy atom. The number of fused-ring (bicyclic) bond motifs is 1. The van der Waals surface area contributed by atoms with Gasteiger partial charge in [-0.1, -0.05) is 0 Å². The second-order valence-electron chi connectivity index (χ2n) is 4.87. The molecule has 0 amide bonds. The van der Waals surface area contributed by atoms with Crippen molar-refractivity contribution in [3.05, 3.63) is 24.2 Å². The lowest BCUT2D eigenvalue weighted by Gasteiger charge is -2.01.